The molecule has 0 aromatic heterocycles. The minimum atomic E-state index is 0.778. The van der Waals surface area contributed by atoms with Gasteiger partial charge in [0, 0.05) is 0 Å². The van der Waals surface area contributed by atoms with Crippen molar-refractivity contribution in [3.8, 4) is 6.07 Å². The third kappa shape index (κ3) is 1.46. The van der Waals surface area contributed by atoms with Gasteiger partial charge in [0.25, 0.3) is 0 Å². The van der Waals surface area contributed by atoms with Crippen molar-refractivity contribution in [2.24, 2.45) is 0 Å². The molecule has 2 nitrogen and oxygen atoms in total. The molecule has 0 heterocycles. The topological polar surface area (TPSA) is 24.6 Å². The lowest BCUT2D eigenvalue weighted by Crippen LogP contribution is -1.67. The second-order valence-corrected chi connectivity index (χ2v) is 1.58. The molecule has 1 aromatic carbocycles. The van der Waals surface area contributed by atoms with E-state index in [1.807, 2.05) is 18.2 Å². The van der Waals surface area contributed by atoms with E-state index in [-0.39, 0.29) is 0 Å². The molecule has 0 spiro atoms. The van der Waals surface area contributed by atoms with Gasteiger partial charge in [-0.2, -0.15) is 5.21 Å². The summed E-state index contributed by atoms with van der Waals surface area (Å²) in [5.74, 6) is 0. The van der Waals surface area contributed by atoms with Crippen LogP contribution in [-0.4, -0.2) is 5.21 Å². The van der Waals surface area contributed by atoms with Crippen LogP contribution in [-0.2, 0) is 0 Å². The van der Waals surface area contributed by atoms with Crippen LogP contribution >= 0.6 is 0 Å². The molecule has 1 N–H and O–H groups in total. The molecule has 1 aromatic rings. The molecule has 0 saturated heterocycles. The highest BCUT2D eigenvalue weighted by atomic mass is 16.4. The predicted molar refractivity (Wildman–Crippen MR) is 34.6 cm³/mol. The van der Waals surface area contributed by atoms with Gasteiger partial charge in [-0.3, -0.25) is 0 Å². The molecule has 9 heavy (non-hydrogen) atoms. The molecule has 0 atom stereocenters. The normalized spacial score (nSPS) is 7.56. The Balaban J connectivity index is 2.94. The van der Waals surface area contributed by atoms with Crippen molar-refractivity contribution in [1.82, 2.24) is 0 Å². The van der Waals surface area contributed by atoms with Crippen LogP contribution in [0.25, 0.3) is 5.01 Å². The molecular formula is C7H6NO+. The van der Waals surface area contributed by atoms with Crippen LogP contribution in [0.1, 0.15) is 5.56 Å². The first-order valence-electron chi connectivity index (χ1n) is 2.58. The molecule has 0 fully saturated rings. The zero-order valence-electron chi connectivity index (χ0n) is 4.78. The van der Waals surface area contributed by atoms with Crippen molar-refractivity contribution in [3.05, 3.63) is 40.9 Å². The van der Waals surface area contributed by atoms with Crippen molar-refractivity contribution >= 4 is 0 Å². The van der Waals surface area contributed by atoms with Gasteiger partial charge in [0.15, 0.2) is 0 Å². The van der Waals surface area contributed by atoms with Crippen LogP contribution in [0, 0.1) is 6.07 Å². The minimum absolute atomic E-state index is 0.778. The molecular weight excluding hydrogens is 114 g/mol. The maximum absolute atomic E-state index is 8.03. The molecule has 0 radical (unpaired) electrons. The smallest absolute Gasteiger partial charge is 0.177 e. The standard InChI is InChI=1S/C7H5NO/c9-8-6-7-4-2-1-3-5-7/h1-5H/p+1. The molecule has 0 bridgehead atoms. The Bertz CT molecular complexity index is 232. The van der Waals surface area contributed by atoms with E-state index in [0.717, 1.165) is 5.56 Å². The molecule has 1 rings (SSSR count). The summed E-state index contributed by atoms with van der Waals surface area (Å²) in [4.78, 5) is 0. The molecule has 0 aliphatic heterocycles. The highest BCUT2D eigenvalue weighted by molar-refractivity contribution is 5.29. The number of hydrogen-bond acceptors (Lipinski definition) is 1. The van der Waals surface area contributed by atoms with Gasteiger partial charge in [-0.25, -0.2) is 0 Å². The summed E-state index contributed by atoms with van der Waals surface area (Å²) >= 11 is 0. The second kappa shape index (κ2) is 2.73. The Morgan fingerprint density at radius 3 is 2.44 bits per heavy atom. The monoisotopic (exact) mass is 120 g/mol. The van der Waals surface area contributed by atoms with Gasteiger partial charge in [0.2, 0.25) is 5.01 Å². The summed E-state index contributed by atoms with van der Waals surface area (Å²) < 4.78 is 0. The summed E-state index contributed by atoms with van der Waals surface area (Å²) in [6.07, 6.45) is 0. The van der Waals surface area contributed by atoms with E-state index in [2.05, 4.69) is 11.1 Å². The average Bonchev–Trinajstić information content (AvgIpc) is 1.91. The second-order valence-electron chi connectivity index (χ2n) is 1.58. The minimum Gasteiger partial charge on any atom is -0.177 e. The Morgan fingerprint density at radius 1 is 1.22 bits per heavy atom. The molecule has 0 aliphatic carbocycles. The van der Waals surface area contributed by atoms with Crippen molar-refractivity contribution in [1.29, 1.82) is 0 Å². The lowest BCUT2D eigenvalue weighted by atomic mass is 10.2. The van der Waals surface area contributed by atoms with Gasteiger partial charge in [-0.1, -0.05) is 18.2 Å². The van der Waals surface area contributed by atoms with Crippen molar-refractivity contribution in [3.63, 3.8) is 0 Å². The van der Waals surface area contributed by atoms with E-state index >= 15 is 0 Å². The van der Waals surface area contributed by atoms with Crippen LogP contribution in [0.5, 0.6) is 0 Å². The fourth-order valence-corrected chi connectivity index (χ4v) is 0.570. The summed E-state index contributed by atoms with van der Waals surface area (Å²) in [6, 6.07) is 11.6. The maximum Gasteiger partial charge on any atom is 0.388 e. The largest absolute Gasteiger partial charge is 0.388 e. The van der Waals surface area contributed by atoms with Crippen molar-refractivity contribution in [2.75, 3.05) is 0 Å². The van der Waals surface area contributed by atoms with E-state index < -0.39 is 0 Å². The molecule has 44 valence electrons. The first-order valence-corrected chi connectivity index (χ1v) is 2.58. The highest BCUT2D eigenvalue weighted by Gasteiger charge is 1.89. The summed E-state index contributed by atoms with van der Waals surface area (Å²) in [5, 5.41) is 10.8. The summed E-state index contributed by atoms with van der Waals surface area (Å²) in [5.41, 5.74) is 0.778. The Morgan fingerprint density at radius 2 is 1.89 bits per heavy atom. The van der Waals surface area contributed by atoms with E-state index in [0.29, 0.717) is 0 Å². The SMILES string of the molecule is O[N+]#Cc1ccccc1. The van der Waals surface area contributed by atoms with Crippen molar-refractivity contribution < 1.29 is 5.21 Å². The molecule has 0 amide bonds. The Hall–Kier alpha value is -1.49. The van der Waals surface area contributed by atoms with Crippen molar-refractivity contribution in [2.45, 2.75) is 0 Å². The highest BCUT2D eigenvalue weighted by Crippen LogP contribution is 1.94. The van der Waals surface area contributed by atoms with E-state index in [1.54, 1.807) is 12.1 Å². The summed E-state index contributed by atoms with van der Waals surface area (Å²) in [6.45, 7) is 0. The fourth-order valence-electron chi connectivity index (χ4n) is 0.570. The lowest BCUT2D eigenvalue weighted by Gasteiger charge is -1.76. The third-order valence-corrected chi connectivity index (χ3v) is 0.953. The quantitative estimate of drug-likeness (QED) is 0.518. The fraction of sp³-hybridized carbons (Fsp3) is 0. The Kier molecular flexibility index (Phi) is 1.71. The molecule has 0 aliphatic rings. The van der Waals surface area contributed by atoms with Gasteiger partial charge in [0.1, 0.15) is 5.56 Å². The van der Waals surface area contributed by atoms with Crippen LogP contribution in [0.3, 0.4) is 0 Å². The van der Waals surface area contributed by atoms with Gasteiger partial charge in [-0.15, -0.1) is 0 Å². The number of nitrogens with zero attached hydrogens (tertiary/aromatic N) is 1. The van der Waals surface area contributed by atoms with Crippen LogP contribution in [0.2, 0.25) is 0 Å². The average molecular weight is 120 g/mol. The van der Waals surface area contributed by atoms with E-state index in [9.17, 15) is 0 Å². The third-order valence-electron chi connectivity index (χ3n) is 0.953. The summed E-state index contributed by atoms with van der Waals surface area (Å²) in [7, 11) is 0. The molecule has 0 saturated carbocycles. The van der Waals surface area contributed by atoms with Gasteiger partial charge in [0.05, 0.1) is 0 Å². The zero-order chi connectivity index (χ0) is 6.53. The number of rotatable bonds is 0. The van der Waals surface area contributed by atoms with Gasteiger partial charge in [-0.05, 0) is 12.1 Å². The van der Waals surface area contributed by atoms with E-state index in [4.69, 9.17) is 5.21 Å². The number of hydrogen-bond donors (Lipinski definition) is 1. The van der Waals surface area contributed by atoms with Crippen LogP contribution in [0.4, 0.5) is 0 Å². The van der Waals surface area contributed by atoms with Gasteiger partial charge < -0.3 is 0 Å². The van der Waals surface area contributed by atoms with Crippen LogP contribution < -0.4 is 0 Å². The Labute approximate surface area is 53.1 Å². The maximum atomic E-state index is 8.03. The molecule has 0 unspecified atom stereocenters. The first kappa shape index (κ1) is 5.64. The van der Waals surface area contributed by atoms with Crippen LogP contribution in [0.15, 0.2) is 30.3 Å². The number of benzene rings is 1. The molecule has 2 heteroatoms. The first-order chi connectivity index (χ1) is 4.43. The zero-order valence-corrected chi connectivity index (χ0v) is 4.78. The van der Waals surface area contributed by atoms with E-state index in [1.165, 1.54) is 0 Å². The predicted octanol–water partition coefficient (Wildman–Crippen LogP) is 1.76. The lowest BCUT2D eigenvalue weighted by molar-refractivity contribution is 0.465. The van der Waals surface area contributed by atoms with Gasteiger partial charge >= 0.3 is 6.07 Å².